The largest absolute Gasteiger partial charge is 0.482 e. The smallest absolute Gasteiger partial charge is 0.344 e. The lowest BCUT2D eigenvalue weighted by molar-refractivity contribution is -0.149. The first-order valence-electron chi connectivity index (χ1n) is 8.30. The molecular formula is C20H22ClNO4. The van der Waals surface area contributed by atoms with Gasteiger partial charge in [-0.25, -0.2) is 4.79 Å². The molecule has 0 bridgehead atoms. The normalized spacial score (nSPS) is 10.5. The SMILES string of the molecule is Cc1ccc(NC(=O)COC(=O)COc2ccccc2C(C)C)c(Cl)c1. The quantitative estimate of drug-likeness (QED) is 0.731. The van der Waals surface area contributed by atoms with Gasteiger partial charge in [0.15, 0.2) is 13.2 Å². The predicted octanol–water partition coefficient (Wildman–Crippen LogP) is 4.33. The van der Waals surface area contributed by atoms with Crippen LogP contribution in [-0.4, -0.2) is 25.1 Å². The van der Waals surface area contributed by atoms with Gasteiger partial charge in [-0.15, -0.1) is 0 Å². The van der Waals surface area contributed by atoms with Crippen LogP contribution in [0.1, 0.15) is 30.9 Å². The zero-order valence-corrected chi connectivity index (χ0v) is 15.8. The molecule has 1 amide bonds. The number of hydrogen-bond donors (Lipinski definition) is 1. The first kappa shape index (κ1) is 19.8. The van der Waals surface area contributed by atoms with Crippen LogP contribution in [0.15, 0.2) is 42.5 Å². The van der Waals surface area contributed by atoms with E-state index in [0.29, 0.717) is 16.5 Å². The summed E-state index contributed by atoms with van der Waals surface area (Å²) in [6.45, 7) is 5.32. The Hall–Kier alpha value is -2.53. The van der Waals surface area contributed by atoms with Gasteiger partial charge in [-0.2, -0.15) is 0 Å². The second-order valence-corrected chi connectivity index (χ2v) is 6.58. The van der Waals surface area contributed by atoms with Gasteiger partial charge in [-0.05, 0) is 42.2 Å². The lowest BCUT2D eigenvalue weighted by Crippen LogP contribution is -2.24. The monoisotopic (exact) mass is 375 g/mol. The molecule has 1 N–H and O–H groups in total. The van der Waals surface area contributed by atoms with Crippen LogP contribution in [0.2, 0.25) is 5.02 Å². The summed E-state index contributed by atoms with van der Waals surface area (Å²) in [5.74, 6) is -0.178. The highest BCUT2D eigenvalue weighted by molar-refractivity contribution is 6.33. The Morgan fingerprint density at radius 1 is 1.12 bits per heavy atom. The van der Waals surface area contributed by atoms with Crippen molar-refractivity contribution in [2.24, 2.45) is 0 Å². The minimum absolute atomic E-state index is 0.262. The van der Waals surface area contributed by atoms with Crippen molar-refractivity contribution in [2.45, 2.75) is 26.7 Å². The van der Waals surface area contributed by atoms with E-state index >= 15 is 0 Å². The lowest BCUT2D eigenvalue weighted by Gasteiger charge is -2.13. The van der Waals surface area contributed by atoms with Crippen molar-refractivity contribution in [2.75, 3.05) is 18.5 Å². The Balaban J connectivity index is 1.81. The third kappa shape index (κ3) is 5.77. The van der Waals surface area contributed by atoms with E-state index in [1.807, 2.05) is 45.0 Å². The first-order valence-corrected chi connectivity index (χ1v) is 8.68. The first-order chi connectivity index (χ1) is 12.4. The van der Waals surface area contributed by atoms with E-state index in [4.69, 9.17) is 21.1 Å². The topological polar surface area (TPSA) is 64.6 Å². The van der Waals surface area contributed by atoms with Crippen molar-refractivity contribution in [1.82, 2.24) is 0 Å². The molecule has 0 saturated heterocycles. The molecule has 2 rings (SSSR count). The van der Waals surface area contributed by atoms with Crippen LogP contribution in [0.3, 0.4) is 0 Å². The third-order valence-electron chi connectivity index (χ3n) is 3.65. The van der Waals surface area contributed by atoms with E-state index in [1.165, 1.54) is 0 Å². The molecule has 0 fully saturated rings. The molecule has 0 radical (unpaired) electrons. The number of carbonyl (C=O) groups excluding carboxylic acids is 2. The van der Waals surface area contributed by atoms with Crippen molar-refractivity contribution >= 4 is 29.2 Å². The van der Waals surface area contributed by atoms with Gasteiger partial charge in [-0.3, -0.25) is 4.79 Å². The molecule has 0 heterocycles. The summed E-state index contributed by atoms with van der Waals surface area (Å²) in [5.41, 5.74) is 2.46. The minimum Gasteiger partial charge on any atom is -0.482 e. The number of amides is 1. The van der Waals surface area contributed by atoms with Gasteiger partial charge in [0.05, 0.1) is 10.7 Å². The number of benzene rings is 2. The second-order valence-electron chi connectivity index (χ2n) is 6.17. The van der Waals surface area contributed by atoms with E-state index in [1.54, 1.807) is 18.2 Å². The maximum atomic E-state index is 11.9. The number of para-hydroxylation sites is 1. The molecule has 0 aliphatic rings. The highest BCUT2D eigenvalue weighted by Crippen LogP contribution is 2.25. The molecule has 0 atom stereocenters. The Morgan fingerprint density at radius 3 is 2.54 bits per heavy atom. The summed E-state index contributed by atoms with van der Waals surface area (Å²) < 4.78 is 10.5. The number of carbonyl (C=O) groups is 2. The summed E-state index contributed by atoms with van der Waals surface area (Å²) >= 11 is 6.05. The van der Waals surface area contributed by atoms with Crippen LogP contribution in [0.25, 0.3) is 0 Å². The van der Waals surface area contributed by atoms with Crippen molar-refractivity contribution in [3.05, 3.63) is 58.6 Å². The Kier molecular flexibility index (Phi) is 7.04. The van der Waals surface area contributed by atoms with Gasteiger partial charge >= 0.3 is 5.97 Å². The van der Waals surface area contributed by atoms with Gasteiger partial charge in [0.25, 0.3) is 5.91 Å². The molecule has 6 heteroatoms. The fourth-order valence-corrected chi connectivity index (χ4v) is 2.60. The number of rotatable bonds is 7. The summed E-state index contributed by atoms with van der Waals surface area (Å²) in [6, 6.07) is 12.8. The molecule has 2 aromatic rings. The molecule has 5 nitrogen and oxygen atoms in total. The molecular weight excluding hydrogens is 354 g/mol. The third-order valence-corrected chi connectivity index (χ3v) is 3.96. The van der Waals surface area contributed by atoms with Crippen molar-refractivity contribution < 1.29 is 19.1 Å². The van der Waals surface area contributed by atoms with Crippen LogP contribution < -0.4 is 10.1 Å². The number of halogens is 1. The highest BCUT2D eigenvalue weighted by atomic mass is 35.5. The van der Waals surface area contributed by atoms with E-state index in [0.717, 1.165) is 11.1 Å². The van der Waals surface area contributed by atoms with Crippen molar-refractivity contribution in [3.63, 3.8) is 0 Å². The number of esters is 1. The standard InChI is InChI=1S/C20H22ClNO4/c1-13(2)15-6-4-5-7-18(15)25-12-20(24)26-11-19(23)22-17-9-8-14(3)10-16(17)21/h4-10,13H,11-12H2,1-3H3,(H,22,23). The predicted molar refractivity (Wildman–Crippen MR) is 102 cm³/mol. The Bertz CT molecular complexity index is 789. The zero-order chi connectivity index (χ0) is 19.1. The summed E-state index contributed by atoms with van der Waals surface area (Å²) in [7, 11) is 0. The highest BCUT2D eigenvalue weighted by Gasteiger charge is 2.12. The summed E-state index contributed by atoms with van der Waals surface area (Å²) in [4.78, 5) is 23.7. The van der Waals surface area contributed by atoms with E-state index in [9.17, 15) is 9.59 Å². The molecule has 2 aromatic carbocycles. The molecule has 0 spiro atoms. The summed E-state index contributed by atoms with van der Waals surface area (Å²) in [6.07, 6.45) is 0. The van der Waals surface area contributed by atoms with Gasteiger partial charge in [0, 0.05) is 0 Å². The van der Waals surface area contributed by atoms with Crippen molar-refractivity contribution in [1.29, 1.82) is 0 Å². The summed E-state index contributed by atoms with van der Waals surface area (Å²) in [5, 5.41) is 3.03. The maximum absolute atomic E-state index is 11.9. The van der Waals surface area contributed by atoms with Crippen molar-refractivity contribution in [3.8, 4) is 5.75 Å². The van der Waals surface area contributed by atoms with Crippen LogP contribution in [0.5, 0.6) is 5.75 Å². The molecule has 0 aliphatic heterocycles. The van der Waals surface area contributed by atoms with Crippen LogP contribution in [0.4, 0.5) is 5.69 Å². The van der Waals surface area contributed by atoms with E-state index in [-0.39, 0.29) is 12.5 Å². The Morgan fingerprint density at radius 2 is 1.85 bits per heavy atom. The second kappa shape index (κ2) is 9.25. The maximum Gasteiger partial charge on any atom is 0.344 e. The average Bonchev–Trinajstić information content (AvgIpc) is 2.60. The molecule has 0 aliphatic carbocycles. The fraction of sp³-hybridized carbons (Fsp3) is 0.300. The minimum atomic E-state index is -0.617. The van der Waals surface area contributed by atoms with Crippen LogP contribution >= 0.6 is 11.6 Å². The van der Waals surface area contributed by atoms with Gasteiger partial charge in [0.1, 0.15) is 5.75 Å². The van der Waals surface area contributed by atoms with Gasteiger partial charge in [0.2, 0.25) is 0 Å². The number of ether oxygens (including phenoxy) is 2. The molecule has 0 aromatic heterocycles. The molecule has 0 saturated carbocycles. The number of nitrogens with one attached hydrogen (secondary N) is 1. The number of hydrogen-bond acceptors (Lipinski definition) is 4. The molecule has 138 valence electrons. The zero-order valence-electron chi connectivity index (χ0n) is 15.0. The fourth-order valence-electron chi connectivity index (χ4n) is 2.32. The van der Waals surface area contributed by atoms with E-state index in [2.05, 4.69) is 5.32 Å². The Labute approximate surface area is 158 Å². The van der Waals surface area contributed by atoms with E-state index < -0.39 is 18.5 Å². The van der Waals surface area contributed by atoms with Gasteiger partial charge < -0.3 is 14.8 Å². The van der Waals surface area contributed by atoms with Crippen LogP contribution in [-0.2, 0) is 14.3 Å². The lowest BCUT2D eigenvalue weighted by atomic mass is 10.0. The number of anilines is 1. The molecule has 26 heavy (non-hydrogen) atoms. The molecule has 0 unspecified atom stereocenters. The average molecular weight is 376 g/mol. The number of aryl methyl sites for hydroxylation is 1. The van der Waals surface area contributed by atoms with Crippen LogP contribution in [0, 0.1) is 6.92 Å². The van der Waals surface area contributed by atoms with Gasteiger partial charge in [-0.1, -0.05) is 49.7 Å².